The number of thioether (sulfide) groups is 1. The van der Waals surface area contributed by atoms with Crippen LogP contribution in [0.5, 0.6) is 0 Å². The molecule has 0 aromatic rings. The number of ether oxygens (including phenoxy) is 1. The summed E-state index contributed by atoms with van der Waals surface area (Å²) in [6.45, 7) is 0. The predicted molar refractivity (Wildman–Crippen MR) is 113 cm³/mol. The molecule has 3 nitrogen and oxygen atoms in total. The zero-order valence-electron chi connectivity index (χ0n) is 16.8. The minimum absolute atomic E-state index is 0.279. The lowest BCUT2D eigenvalue weighted by atomic mass is 9.78. The normalized spacial score (nSPS) is 31.1. The Morgan fingerprint density at radius 2 is 1.78 bits per heavy atom. The molecule has 27 heavy (non-hydrogen) atoms. The van der Waals surface area contributed by atoms with Crippen molar-refractivity contribution in [2.75, 3.05) is 11.5 Å². The number of aliphatic carboxylic acids is 1. The Bertz CT molecular complexity index is 472. The van der Waals surface area contributed by atoms with E-state index in [1.165, 1.54) is 69.3 Å². The van der Waals surface area contributed by atoms with Gasteiger partial charge in [-0.05, 0) is 74.2 Å². The third-order valence-electron chi connectivity index (χ3n) is 6.86. The van der Waals surface area contributed by atoms with Gasteiger partial charge in [-0.2, -0.15) is 11.8 Å². The van der Waals surface area contributed by atoms with E-state index < -0.39 is 5.97 Å². The molecule has 2 aliphatic heterocycles. The zero-order valence-corrected chi connectivity index (χ0v) is 17.6. The van der Waals surface area contributed by atoms with Gasteiger partial charge in [0.25, 0.3) is 0 Å². The molecular weight excluding hydrogens is 356 g/mol. The Hall–Kier alpha value is -0.480. The molecule has 2 saturated heterocycles. The van der Waals surface area contributed by atoms with Gasteiger partial charge in [0.1, 0.15) is 0 Å². The van der Waals surface area contributed by atoms with Gasteiger partial charge in [0.05, 0.1) is 12.2 Å². The first-order valence-corrected chi connectivity index (χ1v) is 12.5. The fraction of sp³-hybridized carbons (Fsp3) is 0.870. The van der Waals surface area contributed by atoms with Crippen LogP contribution < -0.4 is 0 Å². The molecule has 4 heteroatoms. The summed E-state index contributed by atoms with van der Waals surface area (Å²) in [4.78, 5) is 10.6. The number of fused-ring (bicyclic) bond motifs is 2. The van der Waals surface area contributed by atoms with E-state index >= 15 is 0 Å². The molecule has 0 aromatic carbocycles. The highest BCUT2D eigenvalue weighted by Gasteiger charge is 2.47. The first-order chi connectivity index (χ1) is 13.2. The van der Waals surface area contributed by atoms with E-state index in [-0.39, 0.29) is 6.42 Å². The van der Waals surface area contributed by atoms with Crippen LogP contribution in [0.2, 0.25) is 0 Å². The van der Waals surface area contributed by atoms with Crippen LogP contribution in [0.15, 0.2) is 12.2 Å². The molecule has 1 aliphatic carbocycles. The molecule has 2 bridgehead atoms. The molecular formula is C23H38O3S. The number of hydrogen-bond donors (Lipinski definition) is 1. The van der Waals surface area contributed by atoms with Crippen LogP contribution in [-0.2, 0) is 9.53 Å². The third-order valence-corrected chi connectivity index (χ3v) is 8.06. The molecule has 2 heterocycles. The molecule has 3 aliphatic rings. The van der Waals surface area contributed by atoms with Crippen LogP contribution in [0, 0.1) is 17.8 Å². The largest absolute Gasteiger partial charge is 0.481 e. The highest BCUT2D eigenvalue weighted by atomic mass is 32.2. The highest BCUT2D eigenvalue weighted by molar-refractivity contribution is 7.99. The van der Waals surface area contributed by atoms with Crippen molar-refractivity contribution in [1.82, 2.24) is 0 Å². The van der Waals surface area contributed by atoms with Gasteiger partial charge in [-0.3, -0.25) is 4.79 Å². The molecule has 4 atom stereocenters. The van der Waals surface area contributed by atoms with Gasteiger partial charge in [-0.1, -0.05) is 44.3 Å². The van der Waals surface area contributed by atoms with Gasteiger partial charge in [-0.25, -0.2) is 0 Å². The van der Waals surface area contributed by atoms with E-state index in [1.54, 1.807) is 0 Å². The maximum atomic E-state index is 10.6. The van der Waals surface area contributed by atoms with Crippen LogP contribution in [0.1, 0.15) is 83.5 Å². The molecule has 154 valence electrons. The van der Waals surface area contributed by atoms with Crippen molar-refractivity contribution in [3.05, 3.63) is 12.2 Å². The minimum Gasteiger partial charge on any atom is -0.481 e. The van der Waals surface area contributed by atoms with E-state index in [4.69, 9.17) is 9.84 Å². The van der Waals surface area contributed by atoms with E-state index in [0.717, 1.165) is 31.1 Å². The lowest BCUT2D eigenvalue weighted by molar-refractivity contribution is -0.137. The number of rotatable bonds is 12. The number of carboxylic acid groups (broad SMARTS) is 1. The average Bonchev–Trinajstić information content (AvgIpc) is 3.27. The second-order valence-corrected chi connectivity index (χ2v) is 9.98. The quantitative estimate of drug-likeness (QED) is 0.322. The predicted octanol–water partition coefficient (Wildman–Crippen LogP) is 6.07. The number of carbonyl (C=O) groups is 1. The van der Waals surface area contributed by atoms with Crippen molar-refractivity contribution in [3.63, 3.8) is 0 Å². The summed E-state index contributed by atoms with van der Waals surface area (Å²) in [5.74, 6) is 4.33. The summed E-state index contributed by atoms with van der Waals surface area (Å²) in [7, 11) is 0. The van der Waals surface area contributed by atoms with E-state index in [0.29, 0.717) is 18.1 Å². The van der Waals surface area contributed by atoms with E-state index in [1.807, 2.05) is 0 Å². The Morgan fingerprint density at radius 3 is 2.56 bits per heavy atom. The van der Waals surface area contributed by atoms with Gasteiger partial charge in [0.2, 0.25) is 0 Å². The Labute approximate surface area is 169 Å². The summed E-state index contributed by atoms with van der Waals surface area (Å²) >= 11 is 2.16. The maximum Gasteiger partial charge on any atom is 0.303 e. The van der Waals surface area contributed by atoms with Crippen molar-refractivity contribution < 1.29 is 14.6 Å². The van der Waals surface area contributed by atoms with Crippen molar-refractivity contribution in [1.29, 1.82) is 0 Å². The molecule has 1 saturated carbocycles. The van der Waals surface area contributed by atoms with Crippen LogP contribution in [0.25, 0.3) is 0 Å². The first kappa shape index (κ1) is 21.2. The molecule has 1 N–H and O–H groups in total. The van der Waals surface area contributed by atoms with Crippen molar-refractivity contribution in [3.8, 4) is 0 Å². The second-order valence-electron chi connectivity index (χ2n) is 8.83. The number of unbranched alkanes of at least 4 members (excludes halogenated alkanes) is 1. The van der Waals surface area contributed by atoms with Crippen molar-refractivity contribution >= 4 is 17.7 Å². The average molecular weight is 395 g/mol. The first-order valence-electron chi connectivity index (χ1n) is 11.3. The molecule has 0 spiro atoms. The number of carboxylic acids is 1. The monoisotopic (exact) mass is 394 g/mol. The molecule has 0 amide bonds. The van der Waals surface area contributed by atoms with Crippen LogP contribution >= 0.6 is 11.8 Å². The third kappa shape index (κ3) is 6.81. The van der Waals surface area contributed by atoms with Gasteiger partial charge in [-0.15, -0.1) is 0 Å². The van der Waals surface area contributed by atoms with Crippen molar-refractivity contribution in [2.24, 2.45) is 17.8 Å². The number of allylic oxidation sites excluding steroid dienone is 2. The highest BCUT2D eigenvalue weighted by Crippen LogP contribution is 2.46. The minimum atomic E-state index is -0.689. The topological polar surface area (TPSA) is 46.5 Å². The lowest BCUT2D eigenvalue weighted by Gasteiger charge is -2.27. The van der Waals surface area contributed by atoms with Crippen LogP contribution in [0.4, 0.5) is 0 Å². The fourth-order valence-corrected chi connectivity index (χ4v) is 6.61. The lowest BCUT2D eigenvalue weighted by Crippen LogP contribution is -2.28. The summed E-state index contributed by atoms with van der Waals surface area (Å²) in [5, 5.41) is 8.70. The van der Waals surface area contributed by atoms with E-state index in [9.17, 15) is 4.79 Å². The standard InChI is InChI=1S/C23H38O3S/c24-23(25)13-7-2-1-6-12-19-20(22-15-14-21(19)26-22)17-27-16-8-11-18-9-4-3-5-10-18/h1,6,18-22H,2-5,7-17H2,(H,24,25)/b6-1-/t19-,20-,21-,22+/m1/s1. The molecule has 3 fully saturated rings. The summed E-state index contributed by atoms with van der Waals surface area (Å²) in [6.07, 6.45) is 21.2. The summed E-state index contributed by atoms with van der Waals surface area (Å²) in [6, 6.07) is 0. The van der Waals surface area contributed by atoms with Gasteiger partial charge in [0, 0.05) is 6.42 Å². The number of hydrogen-bond acceptors (Lipinski definition) is 3. The fourth-order valence-electron chi connectivity index (χ4n) is 5.34. The molecule has 0 unspecified atom stereocenters. The Kier molecular flexibility index (Phi) is 9.05. The van der Waals surface area contributed by atoms with Crippen LogP contribution in [0.3, 0.4) is 0 Å². The molecule has 0 aromatic heterocycles. The maximum absolute atomic E-state index is 10.6. The molecule has 0 radical (unpaired) electrons. The Morgan fingerprint density at radius 1 is 1.00 bits per heavy atom. The Balaban J connectivity index is 1.31. The zero-order chi connectivity index (χ0) is 18.9. The smallest absolute Gasteiger partial charge is 0.303 e. The summed E-state index contributed by atoms with van der Waals surface area (Å²) in [5.41, 5.74) is 0. The van der Waals surface area contributed by atoms with Gasteiger partial charge in [0.15, 0.2) is 0 Å². The van der Waals surface area contributed by atoms with Gasteiger partial charge < -0.3 is 9.84 Å². The SMILES string of the molecule is O=C(O)CCC/C=C\C[C@@H]1[C@@H](CSCCCC2CCCCC2)[C@@H]2CC[C@H]1O2. The van der Waals surface area contributed by atoms with Crippen LogP contribution in [-0.4, -0.2) is 34.8 Å². The second kappa shape index (κ2) is 11.5. The van der Waals surface area contributed by atoms with Crippen molar-refractivity contribution in [2.45, 2.75) is 95.7 Å². The summed E-state index contributed by atoms with van der Waals surface area (Å²) < 4.78 is 6.23. The molecule has 3 rings (SSSR count). The van der Waals surface area contributed by atoms with E-state index in [2.05, 4.69) is 23.9 Å². The van der Waals surface area contributed by atoms with Gasteiger partial charge >= 0.3 is 5.97 Å².